The molecular weight excluding hydrogens is 367 g/mol. The van der Waals surface area contributed by atoms with Crippen LogP contribution in [-0.2, 0) is 16.4 Å². The van der Waals surface area contributed by atoms with Crippen LogP contribution in [0.25, 0.3) is 0 Å². The van der Waals surface area contributed by atoms with Crippen molar-refractivity contribution in [1.29, 1.82) is 0 Å². The third-order valence-corrected chi connectivity index (χ3v) is 6.57. The number of halogens is 1. The molecule has 0 spiro atoms. The van der Waals surface area contributed by atoms with Gasteiger partial charge in [0.25, 0.3) is 5.91 Å². The van der Waals surface area contributed by atoms with E-state index in [2.05, 4.69) is 5.32 Å². The van der Waals surface area contributed by atoms with Crippen molar-refractivity contribution in [3.63, 3.8) is 0 Å². The first-order chi connectivity index (χ1) is 13.0. The van der Waals surface area contributed by atoms with Crippen molar-refractivity contribution in [2.24, 2.45) is 0 Å². The molecule has 1 aliphatic rings. The number of carbonyl (C=O) groups excluding carboxylic acids is 1. The van der Waals surface area contributed by atoms with Crippen LogP contribution in [0, 0.1) is 5.82 Å². The minimum Gasteiger partial charge on any atom is -0.352 e. The molecule has 2 aromatic carbocycles. The Labute approximate surface area is 159 Å². The molecule has 1 fully saturated rings. The highest BCUT2D eigenvalue weighted by Crippen LogP contribution is 2.21. The van der Waals surface area contributed by atoms with Crippen molar-refractivity contribution >= 4 is 15.9 Å². The molecular formula is C20H23FN2O3S. The molecule has 0 atom stereocenters. The molecule has 0 saturated carbocycles. The summed E-state index contributed by atoms with van der Waals surface area (Å²) in [5, 5.41) is 2.82. The summed E-state index contributed by atoms with van der Waals surface area (Å²) in [7, 11) is -3.46. The van der Waals surface area contributed by atoms with Gasteiger partial charge in [0.15, 0.2) is 0 Å². The number of benzene rings is 2. The van der Waals surface area contributed by atoms with Crippen LogP contribution in [0.15, 0.2) is 53.4 Å². The molecule has 7 heteroatoms. The molecule has 0 aliphatic carbocycles. The van der Waals surface area contributed by atoms with E-state index in [-0.39, 0.29) is 16.6 Å². The summed E-state index contributed by atoms with van der Waals surface area (Å²) in [6.45, 7) is 1.60. The highest BCUT2D eigenvalue weighted by atomic mass is 32.2. The van der Waals surface area contributed by atoms with E-state index in [0.29, 0.717) is 25.2 Å². The average Bonchev–Trinajstić information content (AvgIpc) is 3.22. The molecule has 0 aromatic heterocycles. The van der Waals surface area contributed by atoms with Crippen LogP contribution >= 0.6 is 0 Å². The average molecular weight is 390 g/mol. The summed E-state index contributed by atoms with van der Waals surface area (Å²) in [5.41, 5.74) is 1.44. The molecule has 0 unspecified atom stereocenters. The van der Waals surface area contributed by atoms with E-state index < -0.39 is 10.0 Å². The summed E-state index contributed by atoms with van der Waals surface area (Å²) in [4.78, 5) is 12.4. The zero-order chi connectivity index (χ0) is 19.3. The number of hydrogen-bond acceptors (Lipinski definition) is 3. The Hall–Kier alpha value is -2.25. The Morgan fingerprint density at radius 2 is 1.63 bits per heavy atom. The van der Waals surface area contributed by atoms with Crippen molar-refractivity contribution in [2.45, 2.75) is 30.6 Å². The Kier molecular flexibility index (Phi) is 6.23. The molecule has 0 radical (unpaired) electrons. The predicted molar refractivity (Wildman–Crippen MR) is 101 cm³/mol. The largest absolute Gasteiger partial charge is 0.352 e. The Morgan fingerprint density at radius 3 is 2.26 bits per heavy atom. The molecule has 27 heavy (non-hydrogen) atoms. The van der Waals surface area contributed by atoms with Gasteiger partial charge in [0.1, 0.15) is 5.82 Å². The van der Waals surface area contributed by atoms with E-state index in [1.807, 2.05) is 0 Å². The number of hydrogen-bond donors (Lipinski definition) is 1. The summed E-state index contributed by atoms with van der Waals surface area (Å²) < 4.78 is 39.3. The second-order valence-electron chi connectivity index (χ2n) is 6.62. The molecule has 5 nitrogen and oxygen atoms in total. The van der Waals surface area contributed by atoms with Gasteiger partial charge in [-0.15, -0.1) is 0 Å². The summed E-state index contributed by atoms with van der Waals surface area (Å²) in [6.07, 6.45) is 3.25. The van der Waals surface area contributed by atoms with Crippen LogP contribution in [0.2, 0.25) is 0 Å². The van der Waals surface area contributed by atoms with Gasteiger partial charge in [-0.1, -0.05) is 12.1 Å². The summed E-state index contributed by atoms with van der Waals surface area (Å²) in [5.74, 6) is -0.499. The third kappa shape index (κ3) is 4.93. The number of nitrogens with one attached hydrogen (secondary N) is 1. The van der Waals surface area contributed by atoms with Gasteiger partial charge in [-0.2, -0.15) is 4.31 Å². The van der Waals surface area contributed by atoms with Crippen LogP contribution in [0.4, 0.5) is 4.39 Å². The van der Waals surface area contributed by atoms with Gasteiger partial charge in [0, 0.05) is 25.2 Å². The first kappa shape index (κ1) is 19.5. The zero-order valence-electron chi connectivity index (χ0n) is 15.0. The molecule has 1 heterocycles. The topological polar surface area (TPSA) is 66.5 Å². The van der Waals surface area contributed by atoms with E-state index in [1.54, 1.807) is 12.1 Å². The standard InChI is InChI=1S/C20H23FN2O3S/c21-18-9-5-16(6-10-18)4-3-13-22-20(24)17-7-11-19(12-8-17)27(25,26)23-14-1-2-15-23/h5-12H,1-4,13-15H2,(H,22,24). The second-order valence-corrected chi connectivity index (χ2v) is 8.56. The van der Waals surface area contributed by atoms with Crippen LogP contribution in [-0.4, -0.2) is 38.3 Å². The first-order valence-corrected chi connectivity index (χ1v) is 10.5. The third-order valence-electron chi connectivity index (χ3n) is 4.66. The van der Waals surface area contributed by atoms with E-state index in [4.69, 9.17) is 0 Å². The van der Waals surface area contributed by atoms with Crippen LogP contribution in [0.1, 0.15) is 35.2 Å². The van der Waals surface area contributed by atoms with Crippen molar-refractivity contribution in [3.05, 3.63) is 65.5 Å². The molecule has 1 saturated heterocycles. The predicted octanol–water partition coefficient (Wildman–Crippen LogP) is 2.97. The van der Waals surface area contributed by atoms with E-state index in [0.717, 1.165) is 31.2 Å². The minimum atomic E-state index is -3.46. The van der Waals surface area contributed by atoms with Gasteiger partial charge in [0.05, 0.1) is 4.90 Å². The smallest absolute Gasteiger partial charge is 0.251 e. The van der Waals surface area contributed by atoms with Gasteiger partial charge < -0.3 is 5.32 Å². The summed E-state index contributed by atoms with van der Waals surface area (Å²) >= 11 is 0. The molecule has 3 rings (SSSR count). The van der Waals surface area contributed by atoms with E-state index in [9.17, 15) is 17.6 Å². The lowest BCUT2D eigenvalue weighted by molar-refractivity contribution is 0.0953. The zero-order valence-corrected chi connectivity index (χ0v) is 15.8. The van der Waals surface area contributed by atoms with Gasteiger partial charge >= 0.3 is 0 Å². The van der Waals surface area contributed by atoms with Crippen molar-refractivity contribution in [3.8, 4) is 0 Å². The Morgan fingerprint density at radius 1 is 1.00 bits per heavy atom. The normalized spacial score (nSPS) is 15.0. The number of carbonyl (C=O) groups is 1. The maximum atomic E-state index is 12.9. The lowest BCUT2D eigenvalue weighted by Gasteiger charge is -2.15. The maximum Gasteiger partial charge on any atom is 0.251 e. The highest BCUT2D eigenvalue weighted by molar-refractivity contribution is 7.89. The van der Waals surface area contributed by atoms with Gasteiger partial charge in [-0.3, -0.25) is 4.79 Å². The molecule has 144 valence electrons. The lowest BCUT2D eigenvalue weighted by Crippen LogP contribution is -2.28. The molecule has 0 bridgehead atoms. The SMILES string of the molecule is O=C(NCCCc1ccc(F)cc1)c1ccc(S(=O)(=O)N2CCCC2)cc1. The van der Waals surface area contributed by atoms with Crippen molar-refractivity contribution in [1.82, 2.24) is 9.62 Å². The van der Waals surface area contributed by atoms with Gasteiger partial charge in [-0.25, -0.2) is 12.8 Å². The number of aryl methyl sites for hydroxylation is 1. The van der Waals surface area contributed by atoms with Crippen LogP contribution < -0.4 is 5.32 Å². The Balaban J connectivity index is 1.50. The number of rotatable bonds is 7. The second kappa shape index (κ2) is 8.63. The number of amides is 1. The highest BCUT2D eigenvalue weighted by Gasteiger charge is 2.27. The fourth-order valence-corrected chi connectivity index (χ4v) is 4.62. The van der Waals surface area contributed by atoms with Gasteiger partial charge in [0.2, 0.25) is 10.0 Å². The quantitative estimate of drug-likeness (QED) is 0.739. The number of nitrogens with zero attached hydrogens (tertiary/aromatic N) is 1. The van der Waals surface area contributed by atoms with Crippen molar-refractivity contribution < 1.29 is 17.6 Å². The van der Waals surface area contributed by atoms with E-state index in [1.165, 1.54) is 40.7 Å². The molecule has 1 N–H and O–H groups in total. The van der Waals surface area contributed by atoms with Crippen molar-refractivity contribution in [2.75, 3.05) is 19.6 Å². The van der Waals surface area contributed by atoms with E-state index >= 15 is 0 Å². The van der Waals surface area contributed by atoms with Crippen LogP contribution in [0.5, 0.6) is 0 Å². The fourth-order valence-electron chi connectivity index (χ4n) is 3.10. The Bertz CT molecular complexity index is 874. The molecule has 2 aromatic rings. The molecule has 1 aliphatic heterocycles. The maximum absolute atomic E-state index is 12.9. The first-order valence-electron chi connectivity index (χ1n) is 9.10. The van der Waals surface area contributed by atoms with Gasteiger partial charge in [-0.05, 0) is 67.6 Å². The van der Waals surface area contributed by atoms with Crippen LogP contribution in [0.3, 0.4) is 0 Å². The fraction of sp³-hybridized carbons (Fsp3) is 0.350. The monoisotopic (exact) mass is 390 g/mol. The lowest BCUT2D eigenvalue weighted by atomic mass is 10.1. The minimum absolute atomic E-state index is 0.220. The summed E-state index contributed by atoms with van der Waals surface area (Å²) in [6, 6.07) is 12.4. The number of sulfonamides is 1. The molecule has 1 amide bonds.